The van der Waals surface area contributed by atoms with Crippen LogP contribution in [0.2, 0.25) is 0 Å². The number of nitrogens with zero attached hydrogens (tertiary/aromatic N) is 2. The van der Waals surface area contributed by atoms with Gasteiger partial charge in [-0.2, -0.15) is 5.10 Å². The molecule has 0 radical (unpaired) electrons. The number of likely N-dealkylation sites (N-methyl/N-ethyl adjacent to an activating group) is 1. The molecule has 0 saturated heterocycles. The lowest BCUT2D eigenvalue weighted by Crippen LogP contribution is -2.51. The topological polar surface area (TPSA) is 56.2 Å². The van der Waals surface area contributed by atoms with E-state index in [1.54, 1.807) is 0 Å². The number of hydrogen-bond acceptors (Lipinski definition) is 4. The maximum Gasteiger partial charge on any atom is 0.325 e. The van der Waals surface area contributed by atoms with Gasteiger partial charge >= 0.3 is 5.97 Å². The van der Waals surface area contributed by atoms with Crippen LogP contribution in [-0.2, 0) is 9.53 Å². The number of rotatable bonds is 6. The zero-order valence-electron chi connectivity index (χ0n) is 13.7. The smallest absolute Gasteiger partial charge is 0.325 e. The third kappa shape index (κ3) is 3.20. The minimum absolute atomic E-state index is 0.116. The predicted molar refractivity (Wildman–Crippen MR) is 79.9 cm³/mol. The fourth-order valence-electron chi connectivity index (χ4n) is 2.69. The zero-order valence-corrected chi connectivity index (χ0v) is 13.7. The van der Waals surface area contributed by atoms with Crippen LogP contribution in [0.5, 0.6) is 0 Å². The Kier molecular flexibility index (Phi) is 5.34. The number of ether oxygens (including phenoxy) is 1. The van der Waals surface area contributed by atoms with Crippen LogP contribution in [0.4, 0.5) is 0 Å². The van der Waals surface area contributed by atoms with Gasteiger partial charge in [-0.1, -0.05) is 6.92 Å². The number of carbonyl (C=O) groups is 1. The standard InChI is InChI=1S/C15H27N3O2/c1-8-16-15(6,14(19)20-7)9-10(2)18-13(5)11(3)12(4)17-18/h10,16H,8-9H2,1-7H3. The first-order valence-corrected chi connectivity index (χ1v) is 7.12. The molecular weight excluding hydrogens is 254 g/mol. The molecule has 0 fully saturated rings. The molecule has 1 aromatic rings. The van der Waals surface area contributed by atoms with Crippen LogP contribution in [-0.4, -0.2) is 34.9 Å². The first-order chi connectivity index (χ1) is 9.26. The second-order valence-electron chi connectivity index (χ2n) is 5.65. The lowest BCUT2D eigenvalue weighted by Gasteiger charge is -2.30. The van der Waals surface area contributed by atoms with E-state index < -0.39 is 5.54 Å². The van der Waals surface area contributed by atoms with E-state index in [2.05, 4.69) is 31.2 Å². The van der Waals surface area contributed by atoms with E-state index in [-0.39, 0.29) is 12.0 Å². The molecule has 0 aromatic carbocycles. The van der Waals surface area contributed by atoms with Crippen LogP contribution in [0.15, 0.2) is 0 Å². The van der Waals surface area contributed by atoms with E-state index in [1.807, 2.05) is 25.5 Å². The summed E-state index contributed by atoms with van der Waals surface area (Å²) in [5.74, 6) is -0.232. The maximum absolute atomic E-state index is 12.0. The Morgan fingerprint density at radius 3 is 2.45 bits per heavy atom. The molecule has 2 atom stereocenters. The molecule has 5 heteroatoms. The Hall–Kier alpha value is -1.36. The molecule has 0 saturated carbocycles. The van der Waals surface area contributed by atoms with E-state index in [0.717, 1.165) is 11.4 Å². The monoisotopic (exact) mass is 281 g/mol. The van der Waals surface area contributed by atoms with Gasteiger partial charge in [-0.25, -0.2) is 0 Å². The molecule has 5 nitrogen and oxygen atoms in total. The summed E-state index contributed by atoms with van der Waals surface area (Å²) in [6.07, 6.45) is 0.634. The van der Waals surface area contributed by atoms with Crippen LogP contribution in [0.25, 0.3) is 0 Å². The highest BCUT2D eigenvalue weighted by Crippen LogP contribution is 2.25. The van der Waals surface area contributed by atoms with Gasteiger partial charge in [-0.05, 0) is 53.1 Å². The third-order valence-corrected chi connectivity index (χ3v) is 4.01. The number of methoxy groups -OCH3 is 1. The minimum atomic E-state index is -0.691. The molecule has 114 valence electrons. The molecule has 1 heterocycles. The fraction of sp³-hybridized carbons (Fsp3) is 0.733. The number of nitrogens with one attached hydrogen (secondary N) is 1. The summed E-state index contributed by atoms with van der Waals surface area (Å²) in [5, 5.41) is 7.81. The SMILES string of the molecule is CCNC(C)(CC(C)n1nc(C)c(C)c1C)C(=O)OC. The Morgan fingerprint density at radius 2 is 2.05 bits per heavy atom. The predicted octanol–water partition coefficient (Wildman–Crippen LogP) is 2.30. The summed E-state index contributed by atoms with van der Waals surface area (Å²) in [6.45, 7) is 12.8. The van der Waals surface area contributed by atoms with Crippen molar-refractivity contribution >= 4 is 5.97 Å². The second kappa shape index (κ2) is 6.39. The van der Waals surface area contributed by atoms with Crippen LogP contribution < -0.4 is 5.32 Å². The molecule has 0 aliphatic carbocycles. The van der Waals surface area contributed by atoms with Gasteiger partial charge in [0.25, 0.3) is 0 Å². The lowest BCUT2D eigenvalue weighted by molar-refractivity contribution is -0.148. The van der Waals surface area contributed by atoms with E-state index in [0.29, 0.717) is 13.0 Å². The third-order valence-electron chi connectivity index (χ3n) is 4.01. The summed E-state index contributed by atoms with van der Waals surface area (Å²) in [6, 6.07) is 0.116. The van der Waals surface area contributed by atoms with Gasteiger partial charge < -0.3 is 10.1 Å². The van der Waals surface area contributed by atoms with Crippen LogP contribution in [0.3, 0.4) is 0 Å². The average Bonchev–Trinajstić information content (AvgIpc) is 2.65. The molecule has 0 bridgehead atoms. The quantitative estimate of drug-likeness (QED) is 0.813. The molecule has 1 rings (SSSR count). The summed E-state index contributed by atoms with van der Waals surface area (Å²) in [4.78, 5) is 12.0. The van der Waals surface area contributed by atoms with Crippen molar-refractivity contribution in [2.75, 3.05) is 13.7 Å². The molecule has 1 aromatic heterocycles. The number of esters is 1. The molecule has 0 aliphatic rings. The lowest BCUT2D eigenvalue weighted by atomic mass is 9.93. The van der Waals surface area contributed by atoms with Gasteiger partial charge in [0.15, 0.2) is 0 Å². The zero-order chi connectivity index (χ0) is 15.5. The molecule has 2 unspecified atom stereocenters. The van der Waals surface area contributed by atoms with Crippen molar-refractivity contribution in [3.8, 4) is 0 Å². The molecule has 20 heavy (non-hydrogen) atoms. The Morgan fingerprint density at radius 1 is 1.45 bits per heavy atom. The highest BCUT2D eigenvalue weighted by Gasteiger charge is 2.36. The van der Waals surface area contributed by atoms with Crippen molar-refractivity contribution in [1.82, 2.24) is 15.1 Å². The fourth-order valence-corrected chi connectivity index (χ4v) is 2.69. The summed E-state index contributed by atoms with van der Waals surface area (Å²) >= 11 is 0. The van der Waals surface area contributed by atoms with Crippen LogP contribution in [0, 0.1) is 20.8 Å². The minimum Gasteiger partial charge on any atom is -0.468 e. The maximum atomic E-state index is 12.0. The van der Waals surface area contributed by atoms with Crippen molar-refractivity contribution in [1.29, 1.82) is 0 Å². The molecule has 0 spiro atoms. The van der Waals surface area contributed by atoms with Crippen molar-refractivity contribution in [2.45, 2.75) is 59.5 Å². The molecule has 0 aliphatic heterocycles. The van der Waals surface area contributed by atoms with Crippen molar-refractivity contribution in [3.05, 3.63) is 17.0 Å². The van der Waals surface area contributed by atoms with Crippen LogP contribution in [0.1, 0.15) is 50.2 Å². The van der Waals surface area contributed by atoms with Gasteiger partial charge in [-0.3, -0.25) is 9.48 Å². The Balaban J connectivity index is 2.99. The van der Waals surface area contributed by atoms with Crippen LogP contribution >= 0.6 is 0 Å². The van der Waals surface area contributed by atoms with E-state index >= 15 is 0 Å². The van der Waals surface area contributed by atoms with E-state index in [4.69, 9.17) is 4.74 Å². The van der Waals surface area contributed by atoms with E-state index in [9.17, 15) is 4.79 Å². The van der Waals surface area contributed by atoms with Crippen molar-refractivity contribution in [2.24, 2.45) is 0 Å². The number of carbonyl (C=O) groups excluding carboxylic acids is 1. The van der Waals surface area contributed by atoms with Gasteiger partial charge in [0.1, 0.15) is 5.54 Å². The van der Waals surface area contributed by atoms with Gasteiger partial charge in [-0.15, -0.1) is 0 Å². The van der Waals surface area contributed by atoms with Crippen molar-refractivity contribution in [3.63, 3.8) is 0 Å². The van der Waals surface area contributed by atoms with Crippen molar-refractivity contribution < 1.29 is 9.53 Å². The summed E-state index contributed by atoms with van der Waals surface area (Å²) in [7, 11) is 1.43. The number of aryl methyl sites for hydroxylation is 1. The summed E-state index contributed by atoms with van der Waals surface area (Å²) < 4.78 is 6.94. The molecular formula is C15H27N3O2. The average molecular weight is 281 g/mol. The van der Waals surface area contributed by atoms with Gasteiger partial charge in [0, 0.05) is 5.69 Å². The Labute approximate surface area is 121 Å². The first-order valence-electron chi connectivity index (χ1n) is 7.12. The van der Waals surface area contributed by atoms with Gasteiger partial charge in [0.05, 0.1) is 18.8 Å². The highest BCUT2D eigenvalue weighted by molar-refractivity contribution is 5.80. The second-order valence-corrected chi connectivity index (χ2v) is 5.65. The molecule has 1 N–H and O–H groups in total. The molecule has 0 amide bonds. The van der Waals surface area contributed by atoms with Gasteiger partial charge in [0.2, 0.25) is 0 Å². The largest absolute Gasteiger partial charge is 0.468 e. The Bertz CT molecular complexity index is 482. The number of aromatic nitrogens is 2. The normalized spacial score (nSPS) is 15.8. The highest BCUT2D eigenvalue weighted by atomic mass is 16.5. The number of hydrogen-bond donors (Lipinski definition) is 1. The first kappa shape index (κ1) is 16.7. The van der Waals surface area contributed by atoms with E-state index in [1.165, 1.54) is 12.7 Å². The summed E-state index contributed by atoms with van der Waals surface area (Å²) in [5.41, 5.74) is 2.71.